The van der Waals surface area contributed by atoms with E-state index in [1.165, 1.54) is 11.3 Å². The molecule has 26 heavy (non-hydrogen) atoms. The molecule has 1 amide bonds. The molecule has 3 atom stereocenters. The van der Waals surface area contributed by atoms with Crippen molar-refractivity contribution in [1.29, 1.82) is 0 Å². The van der Waals surface area contributed by atoms with Crippen molar-refractivity contribution in [3.05, 3.63) is 16.1 Å². The number of rotatable bonds is 10. The summed E-state index contributed by atoms with van der Waals surface area (Å²) in [5.74, 6) is 0.609. The molecule has 0 unspecified atom stereocenters. The second-order valence-corrected chi connectivity index (χ2v) is 8.26. The van der Waals surface area contributed by atoms with E-state index in [-0.39, 0.29) is 23.8 Å². The van der Waals surface area contributed by atoms with Gasteiger partial charge in [-0.1, -0.05) is 41.0 Å². The smallest absolute Gasteiger partial charge is 0.357 e. The monoisotopic (exact) mass is 382 g/mol. The Morgan fingerprint density at radius 3 is 2.42 bits per heavy atom. The molecule has 0 fully saturated rings. The number of carbonyl (C=O) groups is 2. The maximum absolute atomic E-state index is 12.8. The van der Waals surface area contributed by atoms with Crippen molar-refractivity contribution in [3.8, 4) is 0 Å². The fourth-order valence-electron chi connectivity index (χ4n) is 3.05. The van der Waals surface area contributed by atoms with Gasteiger partial charge in [0, 0.05) is 30.8 Å². The van der Waals surface area contributed by atoms with Crippen LogP contribution in [0.25, 0.3) is 0 Å². The molecule has 0 aliphatic heterocycles. The maximum Gasteiger partial charge on any atom is 0.357 e. The number of hydrogen-bond acceptors (Lipinski definition) is 5. The van der Waals surface area contributed by atoms with E-state index < -0.39 is 0 Å². The zero-order chi connectivity index (χ0) is 19.9. The first-order chi connectivity index (χ1) is 12.2. The van der Waals surface area contributed by atoms with Crippen LogP contribution in [0.2, 0.25) is 0 Å². The van der Waals surface area contributed by atoms with Crippen LogP contribution in [-0.2, 0) is 16.0 Å². The van der Waals surface area contributed by atoms with Crippen molar-refractivity contribution in [2.24, 2.45) is 17.8 Å². The maximum atomic E-state index is 12.8. The summed E-state index contributed by atoms with van der Waals surface area (Å²) in [7, 11) is 1.91. The Balaban J connectivity index is 2.74. The third-order valence-corrected chi connectivity index (χ3v) is 6.10. The summed E-state index contributed by atoms with van der Waals surface area (Å²) in [6.07, 6.45) is 2.59. The molecule has 0 aromatic carbocycles. The summed E-state index contributed by atoms with van der Waals surface area (Å²) in [5, 5.41) is 2.66. The predicted octanol–water partition coefficient (Wildman–Crippen LogP) is 4.42. The Hall–Kier alpha value is -1.43. The van der Waals surface area contributed by atoms with Crippen LogP contribution in [0.1, 0.15) is 69.9 Å². The molecule has 1 aromatic rings. The van der Waals surface area contributed by atoms with Crippen LogP contribution in [0, 0.1) is 17.8 Å². The van der Waals surface area contributed by atoms with Crippen LogP contribution in [0.4, 0.5) is 0 Å². The lowest BCUT2D eigenvalue weighted by atomic mass is 9.90. The Morgan fingerprint density at radius 2 is 1.88 bits per heavy atom. The summed E-state index contributed by atoms with van der Waals surface area (Å²) in [6.45, 7) is 12.7. The van der Waals surface area contributed by atoms with Gasteiger partial charge < -0.3 is 9.64 Å². The highest BCUT2D eigenvalue weighted by molar-refractivity contribution is 7.09. The molecule has 1 aromatic heterocycles. The molecule has 148 valence electrons. The van der Waals surface area contributed by atoms with Gasteiger partial charge in [0.05, 0.1) is 11.6 Å². The highest BCUT2D eigenvalue weighted by Crippen LogP contribution is 2.23. The number of carbonyl (C=O) groups excluding carboxylic acids is 2. The number of aryl methyl sites for hydroxylation is 1. The van der Waals surface area contributed by atoms with Gasteiger partial charge in [-0.25, -0.2) is 9.78 Å². The molecule has 0 N–H and O–H groups in total. The molecule has 6 heteroatoms. The fraction of sp³-hybridized carbons (Fsp3) is 0.750. The third-order valence-electron chi connectivity index (χ3n) is 5.19. The minimum Gasteiger partial charge on any atom is -0.461 e. The van der Waals surface area contributed by atoms with E-state index in [1.807, 2.05) is 18.9 Å². The predicted molar refractivity (Wildman–Crippen MR) is 106 cm³/mol. The molecular formula is C20H34N2O3S. The van der Waals surface area contributed by atoms with Crippen LogP contribution >= 0.6 is 11.3 Å². The summed E-state index contributed by atoms with van der Waals surface area (Å²) in [6, 6.07) is 0.156. The Labute approximate surface area is 162 Å². The van der Waals surface area contributed by atoms with Crippen molar-refractivity contribution in [1.82, 2.24) is 9.88 Å². The number of nitrogens with zero attached hydrogens (tertiary/aromatic N) is 2. The van der Waals surface area contributed by atoms with E-state index >= 15 is 0 Å². The zero-order valence-corrected chi connectivity index (χ0v) is 18.1. The first kappa shape index (κ1) is 22.6. The van der Waals surface area contributed by atoms with Gasteiger partial charge in [-0.15, -0.1) is 11.3 Å². The Bertz CT molecular complexity index is 585. The van der Waals surface area contributed by atoms with E-state index in [2.05, 4.69) is 32.7 Å². The molecule has 0 aliphatic rings. The van der Waals surface area contributed by atoms with Crippen molar-refractivity contribution in [2.45, 2.75) is 66.8 Å². The third kappa shape index (κ3) is 6.08. The van der Waals surface area contributed by atoms with Gasteiger partial charge in [-0.2, -0.15) is 0 Å². The highest BCUT2D eigenvalue weighted by Gasteiger charge is 2.28. The number of esters is 1. The molecule has 1 heterocycles. The average Bonchev–Trinajstić information content (AvgIpc) is 3.08. The average molecular weight is 383 g/mol. The number of hydrogen-bond donors (Lipinski definition) is 0. The number of aromatic nitrogens is 1. The van der Waals surface area contributed by atoms with Gasteiger partial charge >= 0.3 is 5.97 Å². The second kappa shape index (κ2) is 10.7. The van der Waals surface area contributed by atoms with Crippen LogP contribution < -0.4 is 0 Å². The quantitative estimate of drug-likeness (QED) is 0.562. The van der Waals surface area contributed by atoms with Gasteiger partial charge in [0.1, 0.15) is 0 Å². The first-order valence-corrected chi connectivity index (χ1v) is 10.5. The first-order valence-electron chi connectivity index (χ1n) is 9.60. The summed E-state index contributed by atoms with van der Waals surface area (Å²) in [5.41, 5.74) is 0.378. The van der Waals surface area contributed by atoms with Crippen LogP contribution in [0.5, 0.6) is 0 Å². The van der Waals surface area contributed by atoms with Gasteiger partial charge in [0.15, 0.2) is 5.69 Å². The molecule has 0 saturated heterocycles. The summed E-state index contributed by atoms with van der Waals surface area (Å²) < 4.78 is 4.99. The molecule has 0 saturated carbocycles. The van der Waals surface area contributed by atoms with E-state index in [4.69, 9.17) is 4.74 Å². The van der Waals surface area contributed by atoms with Crippen LogP contribution in [0.3, 0.4) is 0 Å². The Morgan fingerprint density at radius 1 is 1.23 bits per heavy atom. The zero-order valence-electron chi connectivity index (χ0n) is 17.2. The van der Waals surface area contributed by atoms with Gasteiger partial charge in [-0.3, -0.25) is 4.79 Å². The second-order valence-electron chi connectivity index (χ2n) is 7.32. The van der Waals surface area contributed by atoms with Gasteiger partial charge in [0.25, 0.3) is 0 Å². The molecule has 0 spiro atoms. The number of amides is 1. The summed E-state index contributed by atoms with van der Waals surface area (Å²) >= 11 is 1.48. The van der Waals surface area contributed by atoms with Crippen molar-refractivity contribution in [3.63, 3.8) is 0 Å². The van der Waals surface area contributed by atoms with E-state index in [0.717, 1.165) is 24.3 Å². The van der Waals surface area contributed by atoms with E-state index in [9.17, 15) is 9.59 Å². The van der Waals surface area contributed by atoms with Crippen LogP contribution in [-0.4, -0.2) is 41.5 Å². The molecular weight excluding hydrogens is 348 g/mol. The topological polar surface area (TPSA) is 59.5 Å². The molecule has 1 rings (SSSR count). The molecule has 0 bridgehead atoms. The minimum atomic E-state index is -0.370. The van der Waals surface area contributed by atoms with E-state index in [1.54, 1.807) is 12.3 Å². The normalized spacial score (nSPS) is 14.8. The SMILES string of the molecule is CCOC(=O)c1csc(CC[C@H](C(C)C)N(C)C(=O)[C@@H](C)[C@@H](C)CC)n1. The fourth-order valence-corrected chi connectivity index (χ4v) is 3.83. The van der Waals surface area contributed by atoms with Gasteiger partial charge in [-0.05, 0) is 25.2 Å². The lowest BCUT2D eigenvalue weighted by molar-refractivity contribution is -0.138. The van der Waals surface area contributed by atoms with Crippen molar-refractivity contribution in [2.75, 3.05) is 13.7 Å². The van der Waals surface area contributed by atoms with Gasteiger partial charge in [0.2, 0.25) is 5.91 Å². The Kier molecular flexibility index (Phi) is 9.27. The number of ether oxygens (including phenoxy) is 1. The van der Waals surface area contributed by atoms with E-state index in [0.29, 0.717) is 24.1 Å². The molecule has 0 radical (unpaired) electrons. The highest BCUT2D eigenvalue weighted by atomic mass is 32.1. The molecule has 5 nitrogen and oxygen atoms in total. The van der Waals surface area contributed by atoms with Crippen LogP contribution in [0.15, 0.2) is 5.38 Å². The lowest BCUT2D eigenvalue weighted by Crippen LogP contribution is -2.44. The summed E-state index contributed by atoms with van der Waals surface area (Å²) in [4.78, 5) is 30.9. The van der Waals surface area contributed by atoms with Crippen molar-refractivity contribution < 1.29 is 14.3 Å². The number of thiazole rings is 1. The minimum absolute atomic E-state index is 0.0292. The standard InChI is InChI=1S/C20H34N2O3S/c1-8-14(5)15(6)19(23)22(7)17(13(3)4)10-11-18-21-16(12-26-18)20(24)25-9-2/h12-15,17H,8-11H2,1-7H3/t14-,15-,17+/m0/s1. The largest absolute Gasteiger partial charge is 0.461 e. The van der Waals surface area contributed by atoms with Crippen molar-refractivity contribution >= 4 is 23.2 Å². The lowest BCUT2D eigenvalue weighted by Gasteiger charge is -2.34. The molecule has 0 aliphatic carbocycles.